The van der Waals surface area contributed by atoms with Gasteiger partial charge in [-0.3, -0.25) is 4.79 Å². The Morgan fingerprint density at radius 2 is 2.29 bits per heavy atom. The van der Waals surface area contributed by atoms with E-state index in [9.17, 15) is 9.90 Å². The second-order valence-electron chi connectivity index (χ2n) is 4.60. The molecule has 0 aromatic carbocycles. The average molecular weight is 201 g/mol. The molecular weight excluding hydrogens is 182 g/mol. The van der Waals surface area contributed by atoms with Crippen LogP contribution >= 0.6 is 0 Å². The quantitative estimate of drug-likeness (QED) is 0.666. The molecule has 0 aromatic heterocycles. The number of carbonyl (C=O) groups is 1. The summed E-state index contributed by atoms with van der Waals surface area (Å²) < 4.78 is 4.75. The van der Waals surface area contributed by atoms with Gasteiger partial charge >= 0.3 is 0 Å². The molecule has 0 aromatic rings. The minimum Gasteiger partial charge on any atom is -0.389 e. The van der Waals surface area contributed by atoms with E-state index in [0.717, 1.165) is 6.42 Å². The summed E-state index contributed by atoms with van der Waals surface area (Å²) >= 11 is 0. The van der Waals surface area contributed by atoms with Crippen molar-refractivity contribution in [1.29, 1.82) is 0 Å². The topological polar surface area (TPSA) is 58.6 Å². The molecule has 0 spiro atoms. The Bertz CT molecular complexity index is 215. The third kappa shape index (κ3) is 2.96. The van der Waals surface area contributed by atoms with Crippen LogP contribution in [0.15, 0.2) is 0 Å². The van der Waals surface area contributed by atoms with Crippen molar-refractivity contribution in [2.75, 3.05) is 20.3 Å². The van der Waals surface area contributed by atoms with E-state index < -0.39 is 6.10 Å². The molecule has 2 unspecified atom stereocenters. The van der Waals surface area contributed by atoms with Crippen LogP contribution in [0.2, 0.25) is 0 Å². The minimum absolute atomic E-state index is 0.0464. The first-order chi connectivity index (χ1) is 6.47. The molecule has 1 amide bonds. The molecule has 14 heavy (non-hydrogen) atoms. The molecule has 0 aliphatic heterocycles. The molecule has 1 aliphatic carbocycles. The van der Waals surface area contributed by atoms with Crippen LogP contribution in [0.25, 0.3) is 0 Å². The van der Waals surface area contributed by atoms with Crippen LogP contribution in [-0.2, 0) is 9.53 Å². The number of hydrogen-bond donors (Lipinski definition) is 2. The molecular formula is C10H19NO3. The summed E-state index contributed by atoms with van der Waals surface area (Å²) in [5, 5.41) is 12.0. The highest BCUT2D eigenvalue weighted by molar-refractivity contribution is 5.82. The Labute approximate surface area is 84.6 Å². The number of ether oxygens (including phenoxy) is 1. The van der Waals surface area contributed by atoms with E-state index in [0.29, 0.717) is 0 Å². The number of amides is 1. The lowest BCUT2D eigenvalue weighted by Gasteiger charge is -2.11. The van der Waals surface area contributed by atoms with Crippen molar-refractivity contribution < 1.29 is 14.6 Å². The minimum atomic E-state index is -0.606. The third-order valence-electron chi connectivity index (χ3n) is 2.70. The molecule has 82 valence electrons. The molecule has 4 nitrogen and oxygen atoms in total. The van der Waals surface area contributed by atoms with Crippen molar-refractivity contribution in [3.05, 3.63) is 0 Å². The Hall–Kier alpha value is -0.610. The molecule has 1 saturated carbocycles. The normalized spacial score (nSPS) is 25.6. The highest BCUT2D eigenvalue weighted by Crippen LogP contribution is 2.51. The van der Waals surface area contributed by atoms with Crippen LogP contribution in [0.4, 0.5) is 0 Å². The molecule has 1 fully saturated rings. The van der Waals surface area contributed by atoms with Crippen molar-refractivity contribution >= 4 is 5.91 Å². The molecule has 1 aliphatic rings. The van der Waals surface area contributed by atoms with Crippen molar-refractivity contribution in [1.82, 2.24) is 5.32 Å². The van der Waals surface area contributed by atoms with Crippen LogP contribution in [0.5, 0.6) is 0 Å². The number of hydrogen-bond acceptors (Lipinski definition) is 3. The van der Waals surface area contributed by atoms with Gasteiger partial charge in [-0.15, -0.1) is 0 Å². The van der Waals surface area contributed by atoms with Gasteiger partial charge in [0.15, 0.2) is 0 Å². The standard InChI is InChI=1S/C10H19NO3/c1-10(2)4-8(10)9(13)11-5-7(12)6-14-3/h7-8,12H,4-6H2,1-3H3,(H,11,13). The first-order valence-corrected chi connectivity index (χ1v) is 4.92. The van der Waals surface area contributed by atoms with Crippen LogP contribution in [0.3, 0.4) is 0 Å². The zero-order valence-electron chi connectivity index (χ0n) is 9.04. The molecule has 0 bridgehead atoms. The molecule has 2 atom stereocenters. The van der Waals surface area contributed by atoms with Crippen molar-refractivity contribution in [2.45, 2.75) is 26.4 Å². The van der Waals surface area contributed by atoms with Gasteiger partial charge in [0.1, 0.15) is 0 Å². The van der Waals surface area contributed by atoms with E-state index in [-0.39, 0.29) is 30.4 Å². The first kappa shape index (κ1) is 11.5. The molecule has 4 heteroatoms. The fourth-order valence-electron chi connectivity index (χ4n) is 1.51. The summed E-state index contributed by atoms with van der Waals surface area (Å²) in [6.07, 6.45) is 0.338. The van der Waals surface area contributed by atoms with Crippen molar-refractivity contribution in [3.8, 4) is 0 Å². The number of aliphatic hydroxyl groups is 1. The highest BCUT2D eigenvalue weighted by atomic mass is 16.5. The monoisotopic (exact) mass is 201 g/mol. The zero-order chi connectivity index (χ0) is 10.8. The van der Waals surface area contributed by atoms with E-state index >= 15 is 0 Å². The summed E-state index contributed by atoms with van der Waals surface area (Å²) in [7, 11) is 1.52. The van der Waals surface area contributed by atoms with Crippen LogP contribution in [0, 0.1) is 11.3 Å². The maximum atomic E-state index is 11.5. The van der Waals surface area contributed by atoms with E-state index in [1.165, 1.54) is 7.11 Å². The number of carbonyl (C=O) groups excluding carboxylic acids is 1. The zero-order valence-corrected chi connectivity index (χ0v) is 9.04. The smallest absolute Gasteiger partial charge is 0.223 e. The summed E-state index contributed by atoms with van der Waals surface area (Å²) in [5.74, 6) is 0.169. The number of nitrogens with one attached hydrogen (secondary N) is 1. The van der Waals surface area contributed by atoms with Gasteiger partial charge in [0.2, 0.25) is 5.91 Å². The second-order valence-corrected chi connectivity index (χ2v) is 4.60. The fraction of sp³-hybridized carbons (Fsp3) is 0.900. The lowest BCUT2D eigenvalue weighted by molar-refractivity contribution is -0.123. The summed E-state index contributed by atoms with van der Waals surface area (Å²) in [6, 6.07) is 0. The highest BCUT2D eigenvalue weighted by Gasteiger charge is 2.50. The molecule has 0 heterocycles. The maximum absolute atomic E-state index is 11.5. The predicted octanol–water partition coefficient (Wildman–Crippen LogP) is 0.156. The molecule has 2 N–H and O–H groups in total. The first-order valence-electron chi connectivity index (χ1n) is 4.92. The Balaban J connectivity index is 2.16. The van der Waals surface area contributed by atoms with Crippen molar-refractivity contribution in [2.24, 2.45) is 11.3 Å². The lowest BCUT2D eigenvalue weighted by atomic mass is 10.1. The van der Waals surface area contributed by atoms with Crippen molar-refractivity contribution in [3.63, 3.8) is 0 Å². The van der Waals surface area contributed by atoms with E-state index in [1.807, 2.05) is 0 Å². The number of aliphatic hydroxyl groups excluding tert-OH is 1. The molecule has 0 radical (unpaired) electrons. The van der Waals surface area contributed by atoms with Gasteiger partial charge in [0.25, 0.3) is 0 Å². The Morgan fingerprint density at radius 3 is 2.71 bits per heavy atom. The van der Waals surface area contributed by atoms with Gasteiger partial charge in [0, 0.05) is 19.6 Å². The van der Waals surface area contributed by atoms with Crippen LogP contribution in [0.1, 0.15) is 20.3 Å². The maximum Gasteiger partial charge on any atom is 0.223 e. The number of rotatable bonds is 5. The largest absolute Gasteiger partial charge is 0.389 e. The third-order valence-corrected chi connectivity index (χ3v) is 2.70. The second kappa shape index (κ2) is 4.28. The van der Waals surface area contributed by atoms with E-state index in [1.54, 1.807) is 0 Å². The molecule has 0 saturated heterocycles. The summed E-state index contributed by atoms with van der Waals surface area (Å²) in [4.78, 5) is 11.5. The summed E-state index contributed by atoms with van der Waals surface area (Å²) in [6.45, 7) is 4.68. The van der Waals surface area contributed by atoms with Gasteiger partial charge in [-0.25, -0.2) is 0 Å². The summed E-state index contributed by atoms with van der Waals surface area (Å²) in [5.41, 5.74) is 0.149. The number of methoxy groups -OCH3 is 1. The van der Waals surface area contributed by atoms with E-state index in [2.05, 4.69) is 19.2 Å². The Kier molecular flexibility index (Phi) is 3.50. The van der Waals surface area contributed by atoms with Crippen LogP contribution < -0.4 is 5.32 Å². The molecule has 1 rings (SSSR count). The average Bonchev–Trinajstić information content (AvgIpc) is 2.72. The van der Waals surface area contributed by atoms with Gasteiger partial charge in [-0.1, -0.05) is 13.8 Å². The fourth-order valence-corrected chi connectivity index (χ4v) is 1.51. The Morgan fingerprint density at radius 1 is 1.71 bits per heavy atom. The van der Waals surface area contributed by atoms with Crippen LogP contribution in [-0.4, -0.2) is 37.4 Å². The van der Waals surface area contributed by atoms with Gasteiger partial charge < -0.3 is 15.2 Å². The van der Waals surface area contributed by atoms with E-state index in [4.69, 9.17) is 4.74 Å². The van der Waals surface area contributed by atoms with Gasteiger partial charge in [0.05, 0.1) is 12.7 Å². The van der Waals surface area contributed by atoms with Gasteiger partial charge in [-0.2, -0.15) is 0 Å². The SMILES string of the molecule is COCC(O)CNC(=O)C1CC1(C)C. The lowest BCUT2D eigenvalue weighted by Crippen LogP contribution is -2.35. The van der Waals surface area contributed by atoms with Gasteiger partial charge in [-0.05, 0) is 11.8 Å². The predicted molar refractivity (Wildman–Crippen MR) is 52.8 cm³/mol.